The highest BCUT2D eigenvalue weighted by Gasteiger charge is 2.56. The molecule has 1 N–H and O–H groups in total. The first-order chi connectivity index (χ1) is 17.9. The third-order valence-corrected chi connectivity index (χ3v) is 10.2. The van der Waals surface area contributed by atoms with Gasteiger partial charge < -0.3 is 9.84 Å². The molecule has 0 radical (unpaired) electrons. The van der Waals surface area contributed by atoms with Crippen molar-refractivity contribution in [2.24, 2.45) is 11.8 Å². The highest BCUT2D eigenvalue weighted by Crippen LogP contribution is 2.57. The molecule has 3 aliphatic rings. The van der Waals surface area contributed by atoms with Gasteiger partial charge in [0.25, 0.3) is 0 Å². The number of rotatable bonds is 6. The van der Waals surface area contributed by atoms with Gasteiger partial charge in [0.15, 0.2) is 0 Å². The Labute approximate surface area is 224 Å². The van der Waals surface area contributed by atoms with E-state index in [4.69, 9.17) is 21.4 Å². The maximum Gasteiger partial charge on any atom is 0.150 e. The maximum atomic E-state index is 14.3. The smallest absolute Gasteiger partial charge is 0.150 e. The van der Waals surface area contributed by atoms with Gasteiger partial charge in [-0.3, -0.25) is 0 Å². The van der Waals surface area contributed by atoms with E-state index in [1.165, 1.54) is 35.8 Å². The summed E-state index contributed by atoms with van der Waals surface area (Å²) in [5.41, 5.74) is 3.68. The fourth-order valence-corrected chi connectivity index (χ4v) is 8.15. The molecular formula is C29H29ClFN3O2S. The minimum Gasteiger partial charge on any atom is -0.382 e. The van der Waals surface area contributed by atoms with Gasteiger partial charge in [0, 0.05) is 0 Å². The van der Waals surface area contributed by atoms with E-state index < -0.39 is 5.60 Å². The molecule has 7 rings (SSSR count). The Morgan fingerprint density at radius 1 is 1.14 bits per heavy atom. The third kappa shape index (κ3) is 3.85. The fourth-order valence-electron chi connectivity index (χ4n) is 6.62. The topological polar surface area (TPSA) is 60.2 Å². The van der Waals surface area contributed by atoms with E-state index in [0.29, 0.717) is 28.1 Å². The minimum atomic E-state index is -1.01. The zero-order chi connectivity index (χ0) is 25.3. The molecule has 3 aliphatic carbocycles. The minimum absolute atomic E-state index is 0.0478. The van der Waals surface area contributed by atoms with Crippen LogP contribution >= 0.6 is 22.9 Å². The quantitative estimate of drug-likeness (QED) is 0.286. The molecule has 4 aromatic rings. The molecule has 0 saturated heterocycles. The second-order valence-electron chi connectivity index (χ2n) is 10.9. The molecule has 2 aromatic carbocycles. The Hall–Kier alpha value is -2.32. The van der Waals surface area contributed by atoms with Gasteiger partial charge in [0.1, 0.15) is 21.9 Å². The standard InChI is InChI=1S/C29H29ClFN3O2S/c1-16-4-2-5-22(30)27(16)34-24(21(14-32-34)17-8-9-17)15-36-20-12-18-10-11-19(13-20)29(18,35)28-33-26-23(31)6-3-7-25(26)37-28/h2-7,14,17-20,35H,8-13,15H2,1H3/t18-,19+,20-,29+. The molecule has 3 fully saturated rings. The predicted molar refractivity (Wildman–Crippen MR) is 143 cm³/mol. The summed E-state index contributed by atoms with van der Waals surface area (Å²) in [5, 5.41) is 18.0. The SMILES string of the molecule is Cc1cccc(Cl)c1-n1ncc(C2CC2)c1CO[C@@H]1C[C@H]2CC[C@@H](C1)[C@]2(O)c1nc2c(F)cccc2s1. The average Bonchev–Trinajstić information content (AvgIpc) is 3.45. The van der Waals surface area contributed by atoms with Crippen molar-refractivity contribution in [1.29, 1.82) is 0 Å². The van der Waals surface area contributed by atoms with Gasteiger partial charge in [-0.15, -0.1) is 11.3 Å². The molecule has 0 spiro atoms. The highest BCUT2D eigenvalue weighted by molar-refractivity contribution is 7.18. The number of para-hydroxylation sites is 2. The molecule has 2 heterocycles. The average molecular weight is 538 g/mol. The summed E-state index contributed by atoms with van der Waals surface area (Å²) in [7, 11) is 0. The lowest BCUT2D eigenvalue weighted by atomic mass is 9.73. The summed E-state index contributed by atoms with van der Waals surface area (Å²) in [6.07, 6.45) is 7.80. The molecule has 192 valence electrons. The number of halogens is 2. The van der Waals surface area contributed by atoms with E-state index in [9.17, 15) is 9.50 Å². The van der Waals surface area contributed by atoms with Crippen LogP contribution in [0.25, 0.3) is 15.9 Å². The highest BCUT2D eigenvalue weighted by atomic mass is 35.5. The number of fused-ring (bicyclic) bond motifs is 3. The summed E-state index contributed by atoms with van der Waals surface area (Å²) in [4.78, 5) is 4.59. The largest absolute Gasteiger partial charge is 0.382 e. The Morgan fingerprint density at radius 2 is 1.89 bits per heavy atom. The number of aryl methyl sites for hydroxylation is 1. The second-order valence-corrected chi connectivity index (χ2v) is 12.4. The summed E-state index contributed by atoms with van der Waals surface area (Å²) in [6.45, 7) is 2.52. The molecule has 2 aromatic heterocycles. The van der Waals surface area contributed by atoms with Gasteiger partial charge in [-0.2, -0.15) is 5.10 Å². The van der Waals surface area contributed by atoms with Gasteiger partial charge in [-0.05, 0) is 92.5 Å². The molecule has 3 saturated carbocycles. The second kappa shape index (κ2) is 8.87. The van der Waals surface area contributed by atoms with Crippen LogP contribution in [-0.2, 0) is 16.9 Å². The van der Waals surface area contributed by atoms with E-state index in [-0.39, 0.29) is 23.8 Å². The summed E-state index contributed by atoms with van der Waals surface area (Å²) in [6, 6.07) is 10.9. The Morgan fingerprint density at radius 3 is 2.59 bits per heavy atom. The molecule has 0 amide bonds. The van der Waals surface area contributed by atoms with Crippen LogP contribution in [0.3, 0.4) is 0 Å². The van der Waals surface area contributed by atoms with Crippen LogP contribution < -0.4 is 0 Å². The number of aliphatic hydroxyl groups is 1. The van der Waals surface area contributed by atoms with Crippen molar-refractivity contribution >= 4 is 33.2 Å². The maximum absolute atomic E-state index is 14.3. The van der Waals surface area contributed by atoms with Crippen molar-refractivity contribution in [1.82, 2.24) is 14.8 Å². The van der Waals surface area contributed by atoms with E-state index in [2.05, 4.69) is 18.0 Å². The van der Waals surface area contributed by atoms with Crippen molar-refractivity contribution in [2.45, 2.75) is 69.7 Å². The van der Waals surface area contributed by atoms with E-state index >= 15 is 0 Å². The van der Waals surface area contributed by atoms with Crippen LogP contribution in [0.1, 0.15) is 66.3 Å². The number of nitrogens with zero attached hydrogens (tertiary/aromatic N) is 3. The molecule has 4 atom stereocenters. The van der Waals surface area contributed by atoms with Gasteiger partial charge in [0.05, 0.1) is 40.0 Å². The van der Waals surface area contributed by atoms with Crippen molar-refractivity contribution in [3.63, 3.8) is 0 Å². The Balaban J connectivity index is 1.14. The van der Waals surface area contributed by atoms with Crippen LogP contribution in [0.5, 0.6) is 0 Å². The van der Waals surface area contributed by atoms with E-state index in [1.807, 2.05) is 29.1 Å². The molecule has 0 unspecified atom stereocenters. The van der Waals surface area contributed by atoms with Gasteiger partial charge in [-0.25, -0.2) is 14.1 Å². The normalized spacial score (nSPS) is 27.3. The predicted octanol–water partition coefficient (Wildman–Crippen LogP) is 7.05. The molecule has 37 heavy (non-hydrogen) atoms. The fraction of sp³-hybridized carbons (Fsp3) is 0.448. The van der Waals surface area contributed by atoms with Crippen LogP contribution in [0, 0.1) is 24.6 Å². The van der Waals surface area contributed by atoms with Crippen molar-refractivity contribution in [3.05, 3.63) is 75.3 Å². The van der Waals surface area contributed by atoms with Crippen molar-refractivity contribution in [2.75, 3.05) is 0 Å². The summed E-state index contributed by atoms with van der Waals surface area (Å²) >= 11 is 8.03. The number of aromatic nitrogens is 3. The zero-order valence-corrected chi connectivity index (χ0v) is 22.2. The molecular weight excluding hydrogens is 509 g/mol. The monoisotopic (exact) mass is 537 g/mol. The summed E-state index contributed by atoms with van der Waals surface area (Å²) in [5.74, 6) is 0.323. The third-order valence-electron chi connectivity index (χ3n) is 8.69. The van der Waals surface area contributed by atoms with Crippen LogP contribution in [0.15, 0.2) is 42.6 Å². The number of hydrogen-bond acceptors (Lipinski definition) is 5. The lowest BCUT2D eigenvalue weighted by Crippen LogP contribution is -2.44. The molecule has 2 bridgehead atoms. The van der Waals surface area contributed by atoms with Gasteiger partial charge in [0.2, 0.25) is 0 Å². The lowest BCUT2D eigenvalue weighted by molar-refractivity contribution is -0.116. The van der Waals surface area contributed by atoms with Crippen molar-refractivity contribution in [3.8, 4) is 5.69 Å². The van der Waals surface area contributed by atoms with Crippen LogP contribution in [0.2, 0.25) is 5.02 Å². The number of ether oxygens (including phenoxy) is 1. The Bertz CT molecular complexity index is 1460. The molecule has 0 aliphatic heterocycles. The summed E-state index contributed by atoms with van der Waals surface area (Å²) < 4.78 is 23.7. The first-order valence-electron chi connectivity index (χ1n) is 13.1. The Kier molecular flexibility index (Phi) is 5.70. The number of thiazole rings is 1. The van der Waals surface area contributed by atoms with Crippen molar-refractivity contribution < 1.29 is 14.2 Å². The first kappa shape index (κ1) is 23.8. The lowest BCUT2D eigenvalue weighted by Gasteiger charge is -2.41. The van der Waals surface area contributed by atoms with Crippen LogP contribution in [0.4, 0.5) is 4.39 Å². The first-order valence-corrected chi connectivity index (χ1v) is 14.3. The van der Waals surface area contributed by atoms with Gasteiger partial charge in [-0.1, -0.05) is 29.8 Å². The number of hydrogen-bond donors (Lipinski definition) is 1. The van der Waals surface area contributed by atoms with E-state index in [0.717, 1.165) is 47.3 Å². The number of benzene rings is 2. The molecule has 5 nitrogen and oxygen atoms in total. The van der Waals surface area contributed by atoms with Crippen LogP contribution in [-0.4, -0.2) is 26.0 Å². The van der Waals surface area contributed by atoms with Gasteiger partial charge >= 0.3 is 0 Å². The van der Waals surface area contributed by atoms with E-state index in [1.54, 1.807) is 6.07 Å². The zero-order valence-electron chi connectivity index (χ0n) is 20.7. The molecule has 8 heteroatoms.